The maximum Gasteiger partial charge on any atom is -0.0149 e. The highest BCUT2D eigenvalue weighted by Crippen LogP contribution is 2.16. The molecular formula is C17H27. The number of benzene rings is 1. The van der Waals surface area contributed by atoms with Gasteiger partial charge in [-0.2, -0.15) is 0 Å². The first-order chi connectivity index (χ1) is 8.25. The molecule has 0 atom stereocenters. The molecular weight excluding hydrogens is 204 g/mol. The Morgan fingerprint density at radius 2 is 1.59 bits per heavy atom. The fourth-order valence-electron chi connectivity index (χ4n) is 2.42. The zero-order chi connectivity index (χ0) is 12.5. The summed E-state index contributed by atoms with van der Waals surface area (Å²) < 4.78 is 0. The van der Waals surface area contributed by atoms with E-state index in [2.05, 4.69) is 32.9 Å². The minimum absolute atomic E-state index is 1.24. The molecule has 0 aliphatic heterocycles. The molecule has 0 nitrogen and oxygen atoms in total. The SMILES string of the molecule is CCCCCCCCCc1c(C)[c]ccc1C. The normalized spacial score (nSPS) is 10.8. The molecule has 0 aliphatic carbocycles. The number of rotatable bonds is 8. The van der Waals surface area contributed by atoms with Gasteiger partial charge in [0.15, 0.2) is 0 Å². The Bertz CT molecular complexity index is 292. The van der Waals surface area contributed by atoms with Crippen LogP contribution in [0.4, 0.5) is 0 Å². The van der Waals surface area contributed by atoms with Crippen LogP contribution in [0, 0.1) is 19.9 Å². The lowest BCUT2D eigenvalue weighted by Gasteiger charge is -2.09. The van der Waals surface area contributed by atoms with Crippen molar-refractivity contribution in [3.63, 3.8) is 0 Å². The highest BCUT2D eigenvalue weighted by Gasteiger charge is 2.01. The van der Waals surface area contributed by atoms with Crippen molar-refractivity contribution in [1.82, 2.24) is 0 Å². The van der Waals surface area contributed by atoms with Crippen LogP contribution in [0.25, 0.3) is 0 Å². The second-order valence-corrected chi connectivity index (χ2v) is 5.14. The van der Waals surface area contributed by atoms with Crippen molar-refractivity contribution in [3.8, 4) is 0 Å². The minimum atomic E-state index is 1.24. The third-order valence-electron chi connectivity index (χ3n) is 3.59. The lowest BCUT2D eigenvalue weighted by atomic mass is 9.97. The minimum Gasteiger partial charge on any atom is -0.0654 e. The summed E-state index contributed by atoms with van der Waals surface area (Å²) in [4.78, 5) is 0. The maximum absolute atomic E-state index is 3.31. The third-order valence-corrected chi connectivity index (χ3v) is 3.59. The lowest BCUT2D eigenvalue weighted by Crippen LogP contribution is -1.94. The molecule has 0 heteroatoms. The molecule has 1 rings (SSSR count). The van der Waals surface area contributed by atoms with E-state index in [9.17, 15) is 0 Å². The van der Waals surface area contributed by atoms with Gasteiger partial charge in [0.1, 0.15) is 0 Å². The zero-order valence-corrected chi connectivity index (χ0v) is 11.8. The van der Waals surface area contributed by atoms with E-state index >= 15 is 0 Å². The third kappa shape index (κ3) is 5.39. The predicted molar refractivity (Wildman–Crippen MR) is 76.4 cm³/mol. The average Bonchev–Trinajstić information content (AvgIpc) is 2.31. The molecule has 0 unspecified atom stereocenters. The van der Waals surface area contributed by atoms with Crippen LogP contribution in [0.3, 0.4) is 0 Å². The summed E-state index contributed by atoms with van der Waals surface area (Å²) in [6.45, 7) is 6.68. The number of hydrogen-bond acceptors (Lipinski definition) is 0. The predicted octanol–water partition coefficient (Wildman–Crippen LogP) is 5.40. The van der Waals surface area contributed by atoms with E-state index in [-0.39, 0.29) is 0 Å². The van der Waals surface area contributed by atoms with E-state index < -0.39 is 0 Å². The fraction of sp³-hybridized carbons (Fsp3) is 0.647. The van der Waals surface area contributed by atoms with E-state index in [0.717, 1.165) is 0 Å². The molecule has 0 saturated heterocycles. The molecule has 1 aromatic carbocycles. The molecule has 0 aromatic heterocycles. The highest BCUT2D eigenvalue weighted by molar-refractivity contribution is 5.32. The van der Waals surface area contributed by atoms with Gasteiger partial charge in [-0.3, -0.25) is 0 Å². The van der Waals surface area contributed by atoms with Crippen LogP contribution >= 0.6 is 0 Å². The van der Waals surface area contributed by atoms with Crippen LogP contribution in [-0.4, -0.2) is 0 Å². The Morgan fingerprint density at radius 3 is 2.24 bits per heavy atom. The van der Waals surface area contributed by atoms with Crippen LogP contribution < -0.4 is 0 Å². The molecule has 0 saturated carbocycles. The molecule has 0 N–H and O–H groups in total. The van der Waals surface area contributed by atoms with Crippen molar-refractivity contribution >= 4 is 0 Å². The highest BCUT2D eigenvalue weighted by atomic mass is 14.1. The standard InChI is InChI=1S/C17H27/c1-4-5-6-7-8-9-10-14-17-15(2)12-11-13-16(17)3/h11-12H,4-10,14H2,1-3H3. The summed E-state index contributed by atoms with van der Waals surface area (Å²) in [6, 6.07) is 7.53. The smallest absolute Gasteiger partial charge is 0.0149 e. The summed E-state index contributed by atoms with van der Waals surface area (Å²) in [5, 5.41) is 0. The van der Waals surface area contributed by atoms with Crippen LogP contribution in [-0.2, 0) is 6.42 Å². The van der Waals surface area contributed by atoms with Crippen molar-refractivity contribution in [2.75, 3.05) is 0 Å². The Hall–Kier alpha value is -0.780. The first kappa shape index (κ1) is 14.3. The second-order valence-electron chi connectivity index (χ2n) is 5.14. The molecule has 0 spiro atoms. The Balaban J connectivity index is 2.18. The lowest BCUT2D eigenvalue weighted by molar-refractivity contribution is 0.588. The summed E-state index contributed by atoms with van der Waals surface area (Å²) in [5.41, 5.74) is 4.31. The number of unbranched alkanes of at least 4 members (excludes halogenated alkanes) is 6. The van der Waals surface area contributed by atoms with E-state index in [4.69, 9.17) is 0 Å². The van der Waals surface area contributed by atoms with Gasteiger partial charge in [0.2, 0.25) is 0 Å². The molecule has 0 aliphatic rings. The van der Waals surface area contributed by atoms with Gasteiger partial charge in [-0.1, -0.05) is 57.6 Å². The average molecular weight is 231 g/mol. The first-order valence-electron chi connectivity index (χ1n) is 7.22. The Labute approximate surface area is 107 Å². The zero-order valence-electron chi connectivity index (χ0n) is 11.8. The van der Waals surface area contributed by atoms with Gasteiger partial charge in [-0.25, -0.2) is 0 Å². The number of hydrogen-bond donors (Lipinski definition) is 0. The molecule has 95 valence electrons. The van der Waals surface area contributed by atoms with Crippen LogP contribution in [0.5, 0.6) is 0 Å². The molecule has 17 heavy (non-hydrogen) atoms. The van der Waals surface area contributed by atoms with Crippen molar-refractivity contribution in [2.45, 2.75) is 72.1 Å². The van der Waals surface area contributed by atoms with E-state index in [1.54, 1.807) is 0 Å². The van der Waals surface area contributed by atoms with Gasteiger partial charge in [0.25, 0.3) is 0 Å². The second kappa shape index (κ2) is 8.33. The molecule has 0 amide bonds. The molecule has 1 radical (unpaired) electrons. The van der Waals surface area contributed by atoms with Gasteiger partial charge in [0, 0.05) is 0 Å². The fourth-order valence-corrected chi connectivity index (χ4v) is 2.42. The monoisotopic (exact) mass is 231 g/mol. The van der Waals surface area contributed by atoms with E-state index in [0.29, 0.717) is 0 Å². The van der Waals surface area contributed by atoms with Crippen LogP contribution in [0.15, 0.2) is 12.1 Å². The van der Waals surface area contributed by atoms with Crippen molar-refractivity contribution < 1.29 is 0 Å². The van der Waals surface area contributed by atoms with Gasteiger partial charge < -0.3 is 0 Å². The van der Waals surface area contributed by atoms with Crippen molar-refractivity contribution in [2.24, 2.45) is 0 Å². The quantitative estimate of drug-likeness (QED) is 0.526. The van der Waals surface area contributed by atoms with Crippen LogP contribution in [0.1, 0.15) is 68.6 Å². The van der Waals surface area contributed by atoms with Gasteiger partial charge in [0.05, 0.1) is 0 Å². The van der Waals surface area contributed by atoms with Crippen molar-refractivity contribution in [3.05, 3.63) is 34.9 Å². The molecule has 0 heterocycles. The van der Waals surface area contributed by atoms with Crippen molar-refractivity contribution in [1.29, 1.82) is 0 Å². The molecule has 1 aromatic rings. The Morgan fingerprint density at radius 1 is 0.941 bits per heavy atom. The van der Waals surface area contributed by atoms with Gasteiger partial charge in [-0.05, 0) is 49.4 Å². The summed E-state index contributed by atoms with van der Waals surface area (Å²) in [7, 11) is 0. The largest absolute Gasteiger partial charge is 0.0654 e. The summed E-state index contributed by atoms with van der Waals surface area (Å²) in [6.07, 6.45) is 11.0. The van der Waals surface area contributed by atoms with Crippen LogP contribution in [0.2, 0.25) is 0 Å². The van der Waals surface area contributed by atoms with E-state index in [1.807, 2.05) is 6.07 Å². The maximum atomic E-state index is 3.31. The van der Waals surface area contributed by atoms with Gasteiger partial charge in [-0.15, -0.1) is 0 Å². The topological polar surface area (TPSA) is 0 Å². The van der Waals surface area contributed by atoms with E-state index in [1.165, 1.54) is 68.1 Å². The molecule has 0 bridgehead atoms. The number of aryl methyl sites for hydroxylation is 2. The molecule has 0 fully saturated rings. The summed E-state index contributed by atoms with van der Waals surface area (Å²) in [5.74, 6) is 0. The summed E-state index contributed by atoms with van der Waals surface area (Å²) >= 11 is 0. The van der Waals surface area contributed by atoms with Gasteiger partial charge >= 0.3 is 0 Å². The first-order valence-corrected chi connectivity index (χ1v) is 7.22. The Kier molecular flexibility index (Phi) is 7.00.